The van der Waals surface area contributed by atoms with Crippen molar-refractivity contribution in [2.24, 2.45) is 5.73 Å². The number of amides is 2. The molecule has 122 valence electrons. The number of hydrogen-bond acceptors (Lipinski definition) is 4. The van der Waals surface area contributed by atoms with Gasteiger partial charge >= 0.3 is 0 Å². The highest BCUT2D eigenvalue weighted by Gasteiger charge is 2.22. The van der Waals surface area contributed by atoms with Crippen molar-refractivity contribution >= 4 is 11.8 Å². The summed E-state index contributed by atoms with van der Waals surface area (Å²) in [5.74, 6) is -1.39. The highest BCUT2D eigenvalue weighted by molar-refractivity contribution is 5.95. The Bertz CT molecular complexity index is 699. The van der Waals surface area contributed by atoms with Gasteiger partial charge in [0.2, 0.25) is 5.91 Å². The molecule has 2 rings (SSSR count). The molecule has 0 radical (unpaired) electrons. The summed E-state index contributed by atoms with van der Waals surface area (Å²) in [6.45, 7) is 2.17. The van der Waals surface area contributed by atoms with Gasteiger partial charge in [-0.3, -0.25) is 9.59 Å². The predicted octanol–water partition coefficient (Wildman–Crippen LogP) is 2.21. The van der Waals surface area contributed by atoms with Crippen LogP contribution < -0.4 is 5.73 Å². The molecule has 23 heavy (non-hydrogen) atoms. The maximum absolute atomic E-state index is 13.7. The molecule has 2 N–H and O–H groups in total. The molecule has 0 bridgehead atoms. The largest absolute Gasteiger partial charge is 0.368 e. The number of unbranched alkanes of at least 4 members (excludes halogenated alkanes) is 1. The number of carbonyl (C=O) groups is 2. The first-order valence-electron chi connectivity index (χ1n) is 7.32. The average Bonchev–Trinajstić information content (AvgIpc) is 3.00. The summed E-state index contributed by atoms with van der Waals surface area (Å²) in [6, 6.07) is 7.40. The van der Waals surface area contributed by atoms with Gasteiger partial charge in [0, 0.05) is 12.6 Å². The van der Waals surface area contributed by atoms with Gasteiger partial charge < -0.3 is 15.2 Å². The van der Waals surface area contributed by atoms with Gasteiger partial charge in [0.25, 0.3) is 5.91 Å². The van der Waals surface area contributed by atoms with Gasteiger partial charge in [0.15, 0.2) is 11.5 Å². The lowest BCUT2D eigenvalue weighted by molar-refractivity contribution is -0.118. The van der Waals surface area contributed by atoms with E-state index in [9.17, 15) is 14.0 Å². The van der Waals surface area contributed by atoms with Crippen molar-refractivity contribution < 1.29 is 18.5 Å². The molecule has 0 fully saturated rings. The normalized spacial score (nSPS) is 10.5. The van der Waals surface area contributed by atoms with Gasteiger partial charge in [-0.25, -0.2) is 4.39 Å². The van der Waals surface area contributed by atoms with Crippen molar-refractivity contribution in [3.63, 3.8) is 0 Å². The predicted molar refractivity (Wildman–Crippen MR) is 81.9 cm³/mol. The highest BCUT2D eigenvalue weighted by Crippen LogP contribution is 2.23. The lowest BCUT2D eigenvalue weighted by atomic mass is 10.1. The fourth-order valence-electron chi connectivity index (χ4n) is 2.12. The van der Waals surface area contributed by atoms with Crippen LogP contribution >= 0.6 is 0 Å². The van der Waals surface area contributed by atoms with E-state index in [0.29, 0.717) is 6.54 Å². The van der Waals surface area contributed by atoms with Crippen molar-refractivity contribution in [3.05, 3.63) is 41.8 Å². The van der Waals surface area contributed by atoms with Gasteiger partial charge in [-0.15, -0.1) is 0 Å². The first-order chi connectivity index (χ1) is 11.0. The van der Waals surface area contributed by atoms with Crippen LogP contribution in [0.3, 0.4) is 0 Å². The van der Waals surface area contributed by atoms with E-state index in [2.05, 4.69) is 5.16 Å². The minimum Gasteiger partial charge on any atom is -0.368 e. The number of nitrogens with zero attached hydrogens (tertiary/aromatic N) is 2. The van der Waals surface area contributed by atoms with Crippen LogP contribution in [0.2, 0.25) is 0 Å². The molecule has 0 unspecified atom stereocenters. The number of aromatic nitrogens is 1. The molecule has 0 aliphatic heterocycles. The Labute approximate surface area is 133 Å². The van der Waals surface area contributed by atoms with E-state index in [0.717, 1.165) is 12.8 Å². The molecule has 1 aromatic carbocycles. The number of nitrogens with two attached hydrogens (primary N) is 1. The second-order valence-electron chi connectivity index (χ2n) is 5.10. The fourth-order valence-corrected chi connectivity index (χ4v) is 2.12. The van der Waals surface area contributed by atoms with Gasteiger partial charge in [-0.2, -0.15) is 0 Å². The van der Waals surface area contributed by atoms with Crippen molar-refractivity contribution in [2.75, 3.05) is 13.1 Å². The Morgan fingerprint density at radius 2 is 2.09 bits per heavy atom. The molecule has 0 spiro atoms. The van der Waals surface area contributed by atoms with Gasteiger partial charge in [0.05, 0.1) is 12.1 Å². The van der Waals surface area contributed by atoms with Crippen molar-refractivity contribution in [3.8, 4) is 11.3 Å². The first kappa shape index (κ1) is 16.7. The maximum atomic E-state index is 13.7. The molecular formula is C16H18FN3O3. The Morgan fingerprint density at radius 1 is 1.35 bits per heavy atom. The summed E-state index contributed by atoms with van der Waals surface area (Å²) in [5, 5.41) is 3.68. The van der Waals surface area contributed by atoms with Crippen molar-refractivity contribution in [1.82, 2.24) is 10.1 Å². The molecule has 0 saturated carbocycles. The molecular weight excluding hydrogens is 301 g/mol. The zero-order valence-corrected chi connectivity index (χ0v) is 12.8. The monoisotopic (exact) mass is 319 g/mol. The third-order valence-electron chi connectivity index (χ3n) is 3.28. The van der Waals surface area contributed by atoms with E-state index < -0.39 is 17.6 Å². The Morgan fingerprint density at radius 3 is 2.74 bits per heavy atom. The summed E-state index contributed by atoms with van der Waals surface area (Å²) in [5.41, 5.74) is 5.40. The van der Waals surface area contributed by atoms with E-state index in [-0.39, 0.29) is 23.6 Å². The topological polar surface area (TPSA) is 89.4 Å². The molecule has 0 aliphatic rings. The van der Waals surface area contributed by atoms with E-state index in [1.54, 1.807) is 12.1 Å². The van der Waals surface area contributed by atoms with Crippen molar-refractivity contribution in [2.45, 2.75) is 19.8 Å². The van der Waals surface area contributed by atoms with Crippen molar-refractivity contribution in [1.29, 1.82) is 0 Å². The van der Waals surface area contributed by atoms with Gasteiger partial charge in [-0.1, -0.05) is 30.6 Å². The summed E-state index contributed by atoms with van der Waals surface area (Å²) < 4.78 is 18.8. The van der Waals surface area contributed by atoms with Crippen LogP contribution in [-0.4, -0.2) is 35.0 Å². The number of primary amides is 1. The Kier molecular flexibility index (Phi) is 5.46. The minimum absolute atomic E-state index is 0.0145. The quantitative estimate of drug-likeness (QED) is 0.847. The number of benzene rings is 1. The lowest BCUT2D eigenvalue weighted by Gasteiger charge is -2.19. The Balaban J connectivity index is 2.22. The number of rotatable bonds is 7. The van der Waals surface area contributed by atoms with Crippen LogP contribution in [0, 0.1) is 5.82 Å². The Hall–Kier alpha value is -2.70. The molecule has 2 amide bonds. The molecule has 1 heterocycles. The zero-order chi connectivity index (χ0) is 16.8. The van der Waals surface area contributed by atoms with E-state index in [1.807, 2.05) is 6.92 Å². The van der Waals surface area contributed by atoms with Crippen LogP contribution in [-0.2, 0) is 4.79 Å². The van der Waals surface area contributed by atoms with Crippen LogP contribution in [0.5, 0.6) is 0 Å². The van der Waals surface area contributed by atoms with Crippen LogP contribution in [0.25, 0.3) is 11.3 Å². The summed E-state index contributed by atoms with van der Waals surface area (Å²) >= 11 is 0. The third-order valence-corrected chi connectivity index (χ3v) is 3.28. The van der Waals surface area contributed by atoms with E-state index >= 15 is 0 Å². The van der Waals surface area contributed by atoms with Gasteiger partial charge in [-0.05, 0) is 18.6 Å². The zero-order valence-electron chi connectivity index (χ0n) is 12.8. The standard InChI is InChI=1S/C16H18FN3O3/c1-2-3-8-20(10-15(18)21)16(22)13-9-14(23-19-13)11-6-4-5-7-12(11)17/h4-7,9H,2-3,8,10H2,1H3,(H2,18,21). The summed E-state index contributed by atoms with van der Waals surface area (Å²) in [7, 11) is 0. The lowest BCUT2D eigenvalue weighted by Crippen LogP contribution is -2.39. The number of carbonyl (C=O) groups excluding carboxylic acids is 2. The first-order valence-corrected chi connectivity index (χ1v) is 7.32. The summed E-state index contributed by atoms with van der Waals surface area (Å²) in [6.07, 6.45) is 1.60. The average molecular weight is 319 g/mol. The third kappa shape index (κ3) is 4.15. The second-order valence-corrected chi connectivity index (χ2v) is 5.10. The number of hydrogen-bond donors (Lipinski definition) is 1. The van der Waals surface area contributed by atoms with Crippen LogP contribution in [0.4, 0.5) is 4.39 Å². The molecule has 0 atom stereocenters. The maximum Gasteiger partial charge on any atom is 0.276 e. The smallest absolute Gasteiger partial charge is 0.276 e. The summed E-state index contributed by atoms with van der Waals surface area (Å²) in [4.78, 5) is 24.8. The molecule has 0 aliphatic carbocycles. The van der Waals surface area contributed by atoms with Gasteiger partial charge in [0.1, 0.15) is 5.82 Å². The second kappa shape index (κ2) is 7.53. The highest BCUT2D eigenvalue weighted by atomic mass is 19.1. The molecule has 2 aromatic rings. The molecule has 6 nitrogen and oxygen atoms in total. The minimum atomic E-state index is -0.604. The van der Waals surface area contributed by atoms with E-state index in [1.165, 1.54) is 23.1 Å². The van der Waals surface area contributed by atoms with Crippen LogP contribution in [0.1, 0.15) is 30.3 Å². The van der Waals surface area contributed by atoms with Crippen LogP contribution in [0.15, 0.2) is 34.9 Å². The molecule has 1 aromatic heterocycles. The fraction of sp³-hybridized carbons (Fsp3) is 0.312. The molecule has 7 heteroatoms. The number of halogens is 1. The molecule has 0 saturated heterocycles. The SMILES string of the molecule is CCCCN(CC(N)=O)C(=O)c1cc(-c2ccccc2F)on1. The van der Waals surface area contributed by atoms with E-state index in [4.69, 9.17) is 10.3 Å².